The Balaban J connectivity index is 1.30. The van der Waals surface area contributed by atoms with Crippen molar-refractivity contribution in [2.45, 2.75) is 23.7 Å². The van der Waals surface area contributed by atoms with Crippen LogP contribution >= 0.6 is 22.9 Å². The van der Waals surface area contributed by atoms with Gasteiger partial charge in [0.25, 0.3) is 10.0 Å². The molecule has 0 atom stereocenters. The first-order chi connectivity index (χ1) is 18.4. The third kappa shape index (κ3) is 6.22. The Morgan fingerprint density at radius 2 is 1.82 bits per heavy atom. The fourth-order valence-corrected chi connectivity index (χ4v) is 6.10. The standard InChI is InChI=1S/C29H23ClN2O4S2/c30-23-13-10-21-11-14-24(31-27(21)18-23)19-36-25-7-3-6-22(17-25)26-8-2-1-5-20(26)12-15-28(33)32-38(34,35)29-9-4-16-37-29/h1-11,13-14,16-18H,12,15,19H2,(H,32,33)/p-1. The summed E-state index contributed by atoms with van der Waals surface area (Å²) in [6, 6.07) is 27.9. The maximum absolute atomic E-state index is 12.4. The topological polar surface area (TPSA) is 91.7 Å². The summed E-state index contributed by atoms with van der Waals surface area (Å²) in [7, 11) is -3.97. The third-order valence-corrected chi connectivity index (χ3v) is 8.75. The zero-order valence-corrected chi connectivity index (χ0v) is 22.5. The first-order valence-electron chi connectivity index (χ1n) is 11.8. The molecule has 38 heavy (non-hydrogen) atoms. The largest absolute Gasteiger partial charge is 0.861 e. The van der Waals surface area contributed by atoms with Crippen molar-refractivity contribution in [3.8, 4) is 16.9 Å². The number of benzene rings is 3. The van der Waals surface area contributed by atoms with E-state index in [-0.39, 0.29) is 10.6 Å². The number of nitrogens with zero attached hydrogens (tertiary/aromatic N) is 2. The summed E-state index contributed by atoms with van der Waals surface area (Å²) in [6.45, 7) is 0.294. The molecule has 5 aromatic rings. The predicted octanol–water partition coefficient (Wildman–Crippen LogP) is 6.28. The van der Waals surface area contributed by atoms with E-state index in [1.54, 1.807) is 11.4 Å². The predicted molar refractivity (Wildman–Crippen MR) is 150 cm³/mol. The monoisotopic (exact) mass is 561 g/mol. The molecule has 5 rings (SSSR count). The number of fused-ring (bicyclic) bond motifs is 1. The maximum Gasteiger partial charge on any atom is 0.290 e. The van der Waals surface area contributed by atoms with Gasteiger partial charge < -0.3 is 9.84 Å². The van der Waals surface area contributed by atoms with E-state index in [1.807, 2.05) is 78.9 Å². The first-order valence-corrected chi connectivity index (χ1v) is 14.5. The molecular formula is C29H22ClN2O4S2-. The van der Waals surface area contributed by atoms with Gasteiger partial charge >= 0.3 is 0 Å². The van der Waals surface area contributed by atoms with Crippen molar-refractivity contribution in [3.05, 3.63) is 113 Å². The lowest BCUT2D eigenvalue weighted by Crippen LogP contribution is -2.20. The Hall–Kier alpha value is -3.72. The van der Waals surface area contributed by atoms with E-state index >= 15 is 0 Å². The minimum Gasteiger partial charge on any atom is -0.861 e. The van der Waals surface area contributed by atoms with E-state index in [0.717, 1.165) is 44.6 Å². The first kappa shape index (κ1) is 25.9. The van der Waals surface area contributed by atoms with Gasteiger partial charge in [0.1, 0.15) is 16.6 Å². The molecule has 0 aliphatic rings. The minimum atomic E-state index is -3.97. The summed E-state index contributed by atoms with van der Waals surface area (Å²) < 4.78 is 34.1. The van der Waals surface area contributed by atoms with Crippen LogP contribution in [0.1, 0.15) is 17.7 Å². The second-order valence-electron chi connectivity index (χ2n) is 8.51. The van der Waals surface area contributed by atoms with Crippen molar-refractivity contribution in [2.24, 2.45) is 4.40 Å². The summed E-state index contributed by atoms with van der Waals surface area (Å²) in [5.41, 5.74) is 4.36. The number of aryl methyl sites for hydroxylation is 1. The molecule has 3 aromatic carbocycles. The van der Waals surface area contributed by atoms with Crippen molar-refractivity contribution in [2.75, 3.05) is 0 Å². The smallest absolute Gasteiger partial charge is 0.290 e. The SMILES string of the molecule is O=S(=O)(/N=C(\[O-])CCc1ccccc1-c1cccc(OCc2ccc3ccc(Cl)cc3n2)c1)c1cccs1. The minimum absolute atomic E-state index is 0.0184. The molecule has 0 aliphatic heterocycles. The number of pyridine rings is 1. The van der Waals surface area contributed by atoms with Crippen LogP contribution in [0.25, 0.3) is 22.0 Å². The number of halogens is 1. The number of rotatable bonds is 9. The molecule has 0 amide bonds. The average molecular weight is 562 g/mol. The Bertz CT molecular complexity index is 1720. The number of ether oxygens (including phenoxy) is 1. The Labute approximate surface area is 229 Å². The van der Waals surface area contributed by atoms with Gasteiger partial charge in [-0.15, -0.1) is 11.3 Å². The Morgan fingerprint density at radius 3 is 2.66 bits per heavy atom. The maximum atomic E-state index is 12.4. The van der Waals surface area contributed by atoms with Gasteiger partial charge in [0.05, 0.1) is 11.2 Å². The molecular weight excluding hydrogens is 540 g/mol. The second-order valence-corrected chi connectivity index (χ2v) is 11.7. The van der Waals surface area contributed by atoms with Crippen molar-refractivity contribution in [3.63, 3.8) is 0 Å². The van der Waals surface area contributed by atoms with E-state index in [9.17, 15) is 13.5 Å². The van der Waals surface area contributed by atoms with Crippen molar-refractivity contribution < 1.29 is 18.3 Å². The van der Waals surface area contributed by atoms with Gasteiger partial charge in [-0.1, -0.05) is 66.2 Å². The van der Waals surface area contributed by atoms with Crippen LogP contribution in [0.5, 0.6) is 5.75 Å². The molecule has 0 saturated heterocycles. The fraction of sp³-hybridized carbons (Fsp3) is 0.103. The van der Waals surface area contributed by atoms with Crippen molar-refractivity contribution in [1.29, 1.82) is 0 Å². The van der Waals surface area contributed by atoms with E-state index in [0.29, 0.717) is 23.8 Å². The molecule has 0 spiro atoms. The quantitative estimate of drug-likeness (QED) is 0.156. The zero-order valence-electron chi connectivity index (χ0n) is 20.1. The fourth-order valence-electron chi connectivity index (χ4n) is 4.02. The normalized spacial score (nSPS) is 12.1. The summed E-state index contributed by atoms with van der Waals surface area (Å²) in [6.07, 6.45) is 0.336. The lowest BCUT2D eigenvalue weighted by molar-refractivity contribution is -0.218. The van der Waals surface area contributed by atoms with Crippen LogP contribution in [0, 0.1) is 0 Å². The van der Waals surface area contributed by atoms with Crippen LogP contribution in [0.2, 0.25) is 5.02 Å². The highest BCUT2D eigenvalue weighted by molar-refractivity contribution is 7.92. The van der Waals surface area contributed by atoms with E-state index < -0.39 is 15.9 Å². The highest BCUT2D eigenvalue weighted by atomic mass is 35.5. The van der Waals surface area contributed by atoms with Crippen LogP contribution in [0.4, 0.5) is 0 Å². The molecule has 0 fully saturated rings. The second kappa shape index (κ2) is 11.3. The number of aromatic nitrogens is 1. The molecule has 0 unspecified atom stereocenters. The molecule has 0 N–H and O–H groups in total. The highest BCUT2D eigenvalue weighted by Crippen LogP contribution is 2.28. The van der Waals surface area contributed by atoms with Crippen LogP contribution < -0.4 is 9.84 Å². The summed E-state index contributed by atoms with van der Waals surface area (Å²) in [5, 5.41) is 15.6. The van der Waals surface area contributed by atoms with Gasteiger partial charge in [-0.25, -0.2) is 4.98 Å². The molecule has 6 nitrogen and oxygen atoms in total. The van der Waals surface area contributed by atoms with Crippen LogP contribution in [-0.2, 0) is 23.1 Å². The van der Waals surface area contributed by atoms with Crippen LogP contribution in [-0.4, -0.2) is 19.3 Å². The molecule has 2 aromatic heterocycles. The number of sulfonamides is 1. The summed E-state index contributed by atoms with van der Waals surface area (Å²) in [4.78, 5) is 4.64. The van der Waals surface area contributed by atoms with Gasteiger partial charge in [0.2, 0.25) is 0 Å². The van der Waals surface area contributed by atoms with Gasteiger partial charge in [-0.2, -0.15) is 12.8 Å². The number of hydrogen-bond acceptors (Lipinski definition) is 6. The number of thiophene rings is 1. The molecule has 0 saturated carbocycles. The van der Waals surface area contributed by atoms with Gasteiger partial charge in [-0.05, 0) is 77.2 Å². The van der Waals surface area contributed by atoms with Crippen LogP contribution in [0.15, 0.2) is 105 Å². The zero-order chi connectivity index (χ0) is 26.5. The molecule has 2 heterocycles. The average Bonchev–Trinajstić information content (AvgIpc) is 3.47. The lowest BCUT2D eigenvalue weighted by Gasteiger charge is -2.14. The third-order valence-electron chi connectivity index (χ3n) is 5.84. The van der Waals surface area contributed by atoms with Gasteiger partial charge in [0, 0.05) is 10.4 Å². The van der Waals surface area contributed by atoms with E-state index in [1.165, 1.54) is 6.07 Å². The van der Waals surface area contributed by atoms with Crippen LogP contribution in [0.3, 0.4) is 0 Å². The molecule has 0 radical (unpaired) electrons. The highest BCUT2D eigenvalue weighted by Gasteiger charge is 2.13. The van der Waals surface area contributed by atoms with Gasteiger partial charge in [-0.3, -0.25) is 0 Å². The molecule has 192 valence electrons. The van der Waals surface area contributed by atoms with E-state index in [4.69, 9.17) is 16.3 Å². The Morgan fingerprint density at radius 1 is 0.974 bits per heavy atom. The molecule has 0 aliphatic carbocycles. The lowest BCUT2D eigenvalue weighted by atomic mass is 9.96. The van der Waals surface area contributed by atoms with E-state index in [2.05, 4.69) is 9.38 Å². The number of hydrogen-bond donors (Lipinski definition) is 0. The van der Waals surface area contributed by atoms with Gasteiger partial charge in [0.15, 0.2) is 0 Å². The molecule has 0 bridgehead atoms. The van der Waals surface area contributed by atoms with Crippen molar-refractivity contribution >= 4 is 49.8 Å². The molecule has 9 heteroatoms. The Kier molecular flexibility index (Phi) is 7.74. The summed E-state index contributed by atoms with van der Waals surface area (Å²) >= 11 is 7.14. The van der Waals surface area contributed by atoms with Crippen molar-refractivity contribution in [1.82, 2.24) is 4.98 Å². The summed E-state index contributed by atoms with van der Waals surface area (Å²) in [5.74, 6) is 0.00729.